The van der Waals surface area contributed by atoms with E-state index in [1.54, 1.807) is 17.5 Å². The van der Waals surface area contributed by atoms with Gasteiger partial charge in [0.1, 0.15) is 17.1 Å². The minimum absolute atomic E-state index is 0.170. The van der Waals surface area contributed by atoms with E-state index in [0.717, 1.165) is 0 Å². The summed E-state index contributed by atoms with van der Waals surface area (Å²) in [4.78, 5) is 28.1. The Labute approximate surface area is 122 Å². The second-order valence-electron chi connectivity index (χ2n) is 4.37. The summed E-state index contributed by atoms with van der Waals surface area (Å²) < 4.78 is 14.8. The van der Waals surface area contributed by atoms with E-state index >= 15 is 0 Å². The van der Waals surface area contributed by atoms with Gasteiger partial charge in [-0.25, -0.2) is 9.37 Å². The van der Waals surface area contributed by atoms with Crippen molar-refractivity contribution < 1.29 is 9.18 Å². The number of halogens is 1. The van der Waals surface area contributed by atoms with Gasteiger partial charge < -0.3 is 5.32 Å². The summed E-state index contributed by atoms with van der Waals surface area (Å²) in [6, 6.07) is 7.32. The Hall–Kier alpha value is -2.54. The molecule has 2 heterocycles. The van der Waals surface area contributed by atoms with Gasteiger partial charge >= 0.3 is 0 Å². The van der Waals surface area contributed by atoms with E-state index in [-0.39, 0.29) is 12.1 Å². The van der Waals surface area contributed by atoms with Crippen molar-refractivity contribution in [3.8, 4) is 0 Å². The van der Waals surface area contributed by atoms with E-state index in [2.05, 4.69) is 10.3 Å². The predicted molar refractivity (Wildman–Crippen MR) is 78.9 cm³/mol. The molecule has 0 fully saturated rings. The monoisotopic (exact) mass is 303 g/mol. The number of hydrogen-bond acceptors (Lipinski definition) is 4. The number of rotatable bonds is 3. The van der Waals surface area contributed by atoms with Crippen molar-refractivity contribution in [3.05, 3.63) is 58.2 Å². The molecule has 0 bridgehead atoms. The number of nitrogens with one attached hydrogen (secondary N) is 1. The van der Waals surface area contributed by atoms with Gasteiger partial charge in [0.25, 0.3) is 5.56 Å². The number of aromatic nitrogens is 2. The fourth-order valence-corrected chi connectivity index (χ4v) is 2.71. The number of carbonyl (C=O) groups excluding carboxylic acids is 1. The third-order valence-corrected chi connectivity index (χ3v) is 3.75. The topological polar surface area (TPSA) is 64.0 Å². The Balaban J connectivity index is 1.80. The average Bonchev–Trinajstić information content (AvgIpc) is 2.91. The first-order valence-electron chi connectivity index (χ1n) is 6.11. The van der Waals surface area contributed by atoms with Crippen LogP contribution in [0.4, 0.5) is 10.1 Å². The summed E-state index contributed by atoms with van der Waals surface area (Å²) in [5.41, 5.74) is 0.703. The minimum Gasteiger partial charge on any atom is -0.324 e. The van der Waals surface area contributed by atoms with Crippen molar-refractivity contribution in [3.63, 3.8) is 0 Å². The summed E-state index contributed by atoms with van der Waals surface area (Å²) in [6.07, 6.45) is 1.34. The van der Waals surface area contributed by atoms with Crippen molar-refractivity contribution in [2.75, 3.05) is 5.32 Å². The first-order chi connectivity index (χ1) is 10.1. The molecule has 3 aromatic rings. The highest BCUT2D eigenvalue weighted by Gasteiger charge is 2.09. The fraction of sp³-hybridized carbons (Fsp3) is 0.0714. The van der Waals surface area contributed by atoms with Gasteiger partial charge in [0, 0.05) is 5.69 Å². The van der Waals surface area contributed by atoms with Crippen LogP contribution in [-0.4, -0.2) is 15.5 Å². The lowest BCUT2D eigenvalue weighted by Gasteiger charge is -2.07. The summed E-state index contributed by atoms with van der Waals surface area (Å²) in [7, 11) is 0. The number of carbonyl (C=O) groups is 1. The Morgan fingerprint density at radius 3 is 3.05 bits per heavy atom. The zero-order chi connectivity index (χ0) is 14.8. The summed E-state index contributed by atoms with van der Waals surface area (Å²) >= 11 is 1.28. The molecule has 0 aliphatic carbocycles. The van der Waals surface area contributed by atoms with E-state index in [1.165, 1.54) is 40.4 Å². The smallest absolute Gasteiger partial charge is 0.271 e. The van der Waals surface area contributed by atoms with E-state index in [1.807, 2.05) is 0 Å². The van der Waals surface area contributed by atoms with Crippen LogP contribution in [0.1, 0.15) is 0 Å². The third-order valence-electron chi connectivity index (χ3n) is 2.86. The lowest BCUT2D eigenvalue weighted by atomic mass is 10.3. The molecule has 0 saturated heterocycles. The Kier molecular flexibility index (Phi) is 3.49. The van der Waals surface area contributed by atoms with Crippen molar-refractivity contribution in [1.82, 2.24) is 9.55 Å². The van der Waals surface area contributed by atoms with Crippen LogP contribution in [0.3, 0.4) is 0 Å². The number of hydrogen-bond donors (Lipinski definition) is 1. The first-order valence-corrected chi connectivity index (χ1v) is 6.99. The van der Waals surface area contributed by atoms with Crippen molar-refractivity contribution in [2.45, 2.75) is 6.54 Å². The number of thiophene rings is 1. The molecule has 0 aliphatic rings. The van der Waals surface area contributed by atoms with Crippen LogP contribution in [0, 0.1) is 5.82 Å². The number of anilines is 1. The summed E-state index contributed by atoms with van der Waals surface area (Å²) in [5.74, 6) is -0.855. The molecule has 0 unspecified atom stereocenters. The van der Waals surface area contributed by atoms with Crippen molar-refractivity contribution >= 4 is 33.1 Å². The standard InChI is InChI=1S/C14H10FN3O2S/c15-9-2-1-3-10(6-9)17-12(19)7-18-8-16-11-4-5-21-13(11)14(18)20/h1-6,8H,7H2,(H,17,19). The second-order valence-corrected chi connectivity index (χ2v) is 5.29. The van der Waals surface area contributed by atoms with Crippen LogP contribution >= 0.6 is 11.3 Å². The SMILES string of the molecule is O=C(Cn1cnc2ccsc2c1=O)Nc1cccc(F)c1. The molecule has 3 rings (SSSR count). The highest BCUT2D eigenvalue weighted by atomic mass is 32.1. The lowest BCUT2D eigenvalue weighted by molar-refractivity contribution is -0.116. The van der Waals surface area contributed by atoms with Gasteiger partial charge in [0.2, 0.25) is 5.91 Å². The van der Waals surface area contributed by atoms with Gasteiger partial charge in [0.05, 0.1) is 11.8 Å². The van der Waals surface area contributed by atoms with Crippen LogP contribution in [-0.2, 0) is 11.3 Å². The fourth-order valence-electron chi connectivity index (χ4n) is 1.91. The van der Waals surface area contributed by atoms with Crippen LogP contribution < -0.4 is 10.9 Å². The molecule has 0 atom stereocenters. The number of nitrogens with zero attached hydrogens (tertiary/aromatic N) is 2. The number of benzene rings is 1. The highest BCUT2D eigenvalue weighted by Crippen LogP contribution is 2.13. The molecule has 0 saturated carbocycles. The minimum atomic E-state index is -0.438. The van der Waals surface area contributed by atoms with Crippen LogP contribution in [0.15, 0.2) is 46.8 Å². The summed E-state index contributed by atoms with van der Waals surface area (Å²) in [6.45, 7) is -0.170. The van der Waals surface area contributed by atoms with Crippen LogP contribution in [0.5, 0.6) is 0 Å². The molecule has 1 N–H and O–H groups in total. The Morgan fingerprint density at radius 1 is 1.38 bits per heavy atom. The van der Waals surface area contributed by atoms with Gasteiger partial charge in [-0.3, -0.25) is 14.2 Å². The molecule has 2 aromatic heterocycles. The zero-order valence-electron chi connectivity index (χ0n) is 10.7. The molecule has 106 valence electrons. The molecule has 1 aromatic carbocycles. The lowest BCUT2D eigenvalue weighted by Crippen LogP contribution is -2.27. The molecular weight excluding hydrogens is 293 g/mol. The van der Waals surface area contributed by atoms with Crippen LogP contribution in [0.25, 0.3) is 10.2 Å². The van der Waals surface area contributed by atoms with Gasteiger partial charge in [-0.2, -0.15) is 0 Å². The second kappa shape index (κ2) is 5.45. The molecule has 1 amide bonds. The molecular formula is C14H10FN3O2S. The molecule has 0 radical (unpaired) electrons. The maximum atomic E-state index is 13.0. The summed E-state index contributed by atoms with van der Waals surface area (Å²) in [5, 5.41) is 4.31. The van der Waals surface area contributed by atoms with E-state index in [9.17, 15) is 14.0 Å². The van der Waals surface area contributed by atoms with Gasteiger partial charge in [-0.15, -0.1) is 11.3 Å². The number of fused-ring (bicyclic) bond motifs is 1. The normalized spacial score (nSPS) is 10.7. The van der Waals surface area contributed by atoms with E-state index in [4.69, 9.17) is 0 Å². The Bertz CT molecular complexity index is 872. The van der Waals surface area contributed by atoms with E-state index in [0.29, 0.717) is 15.9 Å². The zero-order valence-corrected chi connectivity index (χ0v) is 11.6. The molecule has 5 nitrogen and oxygen atoms in total. The van der Waals surface area contributed by atoms with Gasteiger partial charge in [-0.1, -0.05) is 6.07 Å². The maximum Gasteiger partial charge on any atom is 0.271 e. The van der Waals surface area contributed by atoms with Gasteiger partial charge in [0.15, 0.2) is 0 Å². The largest absolute Gasteiger partial charge is 0.324 e. The molecule has 0 spiro atoms. The molecule has 21 heavy (non-hydrogen) atoms. The maximum absolute atomic E-state index is 13.0. The van der Waals surface area contributed by atoms with Crippen molar-refractivity contribution in [2.24, 2.45) is 0 Å². The Morgan fingerprint density at radius 2 is 2.24 bits per heavy atom. The molecule has 7 heteroatoms. The highest BCUT2D eigenvalue weighted by molar-refractivity contribution is 7.17. The van der Waals surface area contributed by atoms with E-state index < -0.39 is 11.7 Å². The van der Waals surface area contributed by atoms with Gasteiger partial charge in [-0.05, 0) is 29.6 Å². The number of amides is 1. The van der Waals surface area contributed by atoms with Crippen molar-refractivity contribution in [1.29, 1.82) is 0 Å². The van der Waals surface area contributed by atoms with Crippen LogP contribution in [0.2, 0.25) is 0 Å². The first kappa shape index (κ1) is 13.4. The third kappa shape index (κ3) is 2.82. The quantitative estimate of drug-likeness (QED) is 0.807. The predicted octanol–water partition coefficient (Wildman–Crippen LogP) is 2.24. The molecule has 0 aliphatic heterocycles. The average molecular weight is 303 g/mol.